The van der Waals surface area contributed by atoms with Gasteiger partial charge < -0.3 is 14.0 Å². The molecule has 3 aromatic rings. The van der Waals surface area contributed by atoms with Crippen LogP contribution < -0.4 is 4.74 Å². The highest BCUT2D eigenvalue weighted by atomic mass is 16.6. The molecule has 1 spiro atoms. The highest BCUT2D eigenvalue weighted by Crippen LogP contribution is 2.47. The molecule has 2 aromatic heterocycles. The van der Waals surface area contributed by atoms with E-state index in [-0.39, 0.29) is 11.5 Å². The van der Waals surface area contributed by atoms with Crippen molar-refractivity contribution in [2.75, 3.05) is 13.2 Å². The first-order chi connectivity index (χ1) is 16.4. The minimum Gasteiger partial charge on any atom is -0.477 e. The molecule has 5 rings (SSSR count). The summed E-state index contributed by atoms with van der Waals surface area (Å²) in [6.07, 6.45) is 8.42. The highest BCUT2D eigenvalue weighted by Gasteiger charge is 2.51. The molecule has 1 aliphatic carbocycles. The molecule has 9 nitrogen and oxygen atoms in total. The summed E-state index contributed by atoms with van der Waals surface area (Å²) >= 11 is 0. The molecule has 1 unspecified atom stereocenters. The molecule has 34 heavy (non-hydrogen) atoms. The van der Waals surface area contributed by atoms with Crippen LogP contribution in [-0.2, 0) is 17.8 Å². The number of nitrogens with zero attached hydrogens (tertiary/aromatic N) is 6. The molecule has 9 heteroatoms. The lowest BCUT2D eigenvalue weighted by Crippen LogP contribution is -2.44. The van der Waals surface area contributed by atoms with E-state index in [1.165, 1.54) is 0 Å². The Labute approximate surface area is 198 Å². The van der Waals surface area contributed by atoms with Gasteiger partial charge in [0.1, 0.15) is 5.60 Å². The van der Waals surface area contributed by atoms with Crippen molar-refractivity contribution in [2.45, 2.75) is 58.2 Å². The summed E-state index contributed by atoms with van der Waals surface area (Å²) in [7, 11) is 0. The van der Waals surface area contributed by atoms with Crippen LogP contribution in [0.1, 0.15) is 50.8 Å². The van der Waals surface area contributed by atoms with Gasteiger partial charge >= 0.3 is 6.09 Å². The molecule has 1 amide bonds. The number of imidazole rings is 1. The quantitative estimate of drug-likeness (QED) is 0.546. The molecule has 1 saturated carbocycles. The first-order valence-corrected chi connectivity index (χ1v) is 11.7. The van der Waals surface area contributed by atoms with Crippen molar-refractivity contribution < 1.29 is 14.3 Å². The topological polar surface area (TPSA) is 106 Å². The molecule has 2 fully saturated rings. The average Bonchev–Trinajstić information content (AvgIpc) is 3.34. The molecule has 1 saturated heterocycles. The smallest absolute Gasteiger partial charge is 0.410 e. The Morgan fingerprint density at radius 1 is 1.24 bits per heavy atom. The zero-order valence-corrected chi connectivity index (χ0v) is 19.5. The Kier molecular flexibility index (Phi) is 5.60. The van der Waals surface area contributed by atoms with Crippen LogP contribution in [0.4, 0.5) is 4.79 Å². The van der Waals surface area contributed by atoms with Gasteiger partial charge in [-0.15, -0.1) is 0 Å². The van der Waals surface area contributed by atoms with Gasteiger partial charge in [0.25, 0.3) is 0 Å². The fraction of sp³-hybridized carbons (Fsp3) is 0.480. The lowest BCUT2D eigenvalue weighted by Gasteiger charge is -2.43. The molecule has 1 aliphatic heterocycles. The maximum Gasteiger partial charge on any atom is 0.410 e. The van der Waals surface area contributed by atoms with E-state index in [4.69, 9.17) is 9.47 Å². The van der Waals surface area contributed by atoms with E-state index < -0.39 is 5.60 Å². The van der Waals surface area contributed by atoms with Gasteiger partial charge in [-0.1, -0.05) is 6.92 Å². The molecule has 2 aliphatic rings. The maximum absolute atomic E-state index is 12.8. The van der Waals surface area contributed by atoms with E-state index in [1.807, 2.05) is 25.4 Å². The van der Waals surface area contributed by atoms with Crippen LogP contribution in [0.15, 0.2) is 36.9 Å². The molecule has 0 radical (unpaired) electrons. The molecular formula is C25H28N6O3. The Hall–Kier alpha value is -3.67. The summed E-state index contributed by atoms with van der Waals surface area (Å²) < 4.78 is 13.5. The van der Waals surface area contributed by atoms with Gasteiger partial charge in [0, 0.05) is 6.54 Å². The van der Waals surface area contributed by atoms with Gasteiger partial charge in [0.2, 0.25) is 5.88 Å². The van der Waals surface area contributed by atoms with Crippen molar-refractivity contribution in [1.82, 2.24) is 24.4 Å². The highest BCUT2D eigenvalue weighted by molar-refractivity contribution is 5.77. The van der Waals surface area contributed by atoms with Gasteiger partial charge in [-0.3, -0.25) is 9.88 Å². The van der Waals surface area contributed by atoms with Crippen molar-refractivity contribution in [2.24, 2.45) is 5.41 Å². The first-order valence-electron chi connectivity index (χ1n) is 11.7. The van der Waals surface area contributed by atoms with Gasteiger partial charge in [0.15, 0.2) is 0 Å². The Morgan fingerprint density at radius 2 is 2.12 bits per heavy atom. The predicted octanol–water partition coefficient (Wildman–Crippen LogP) is 4.07. The Bertz CT molecular complexity index is 1250. The van der Waals surface area contributed by atoms with Gasteiger partial charge in [-0.2, -0.15) is 5.26 Å². The van der Waals surface area contributed by atoms with E-state index in [9.17, 15) is 10.1 Å². The summed E-state index contributed by atoms with van der Waals surface area (Å²) in [5, 5.41) is 9.28. The number of amides is 1. The SMILES string of the molecule is CCOc1cnc(CN2C[C@]3(CCCC(C)(Cn4cnc5ccc(C#N)cc54)C3)OC2=O)cn1. The van der Waals surface area contributed by atoms with Crippen LogP contribution in [0.25, 0.3) is 11.0 Å². The number of carbonyl (C=O) groups excluding carboxylic acids is 1. The van der Waals surface area contributed by atoms with Crippen molar-refractivity contribution in [1.29, 1.82) is 5.26 Å². The third kappa shape index (κ3) is 4.28. The van der Waals surface area contributed by atoms with E-state index in [2.05, 4.69) is 32.5 Å². The predicted molar refractivity (Wildman–Crippen MR) is 124 cm³/mol. The fourth-order valence-corrected chi connectivity index (χ4v) is 5.47. The number of hydrogen-bond acceptors (Lipinski definition) is 7. The number of fused-ring (bicyclic) bond motifs is 1. The number of aromatic nitrogens is 4. The third-order valence-corrected chi connectivity index (χ3v) is 6.83. The van der Waals surface area contributed by atoms with Crippen LogP contribution in [-0.4, -0.2) is 49.3 Å². The number of benzene rings is 1. The second-order valence-electron chi connectivity index (χ2n) is 9.71. The van der Waals surface area contributed by atoms with Crippen molar-refractivity contribution >= 4 is 17.1 Å². The van der Waals surface area contributed by atoms with E-state index in [0.29, 0.717) is 36.8 Å². The molecule has 3 heterocycles. The monoisotopic (exact) mass is 460 g/mol. The van der Waals surface area contributed by atoms with E-state index >= 15 is 0 Å². The molecule has 1 aromatic carbocycles. The second-order valence-corrected chi connectivity index (χ2v) is 9.71. The van der Waals surface area contributed by atoms with Gasteiger partial charge in [-0.25, -0.2) is 14.8 Å². The minimum absolute atomic E-state index is 0.0657. The Balaban J connectivity index is 1.30. The molecule has 2 atom stereocenters. The Morgan fingerprint density at radius 3 is 2.88 bits per heavy atom. The van der Waals surface area contributed by atoms with Crippen LogP contribution in [0.2, 0.25) is 0 Å². The lowest BCUT2D eigenvalue weighted by molar-refractivity contribution is -0.0270. The number of hydrogen-bond donors (Lipinski definition) is 0. The molecular weight excluding hydrogens is 432 g/mol. The van der Waals surface area contributed by atoms with Crippen molar-refractivity contribution in [3.05, 3.63) is 48.2 Å². The third-order valence-electron chi connectivity index (χ3n) is 6.83. The van der Waals surface area contributed by atoms with Gasteiger partial charge in [-0.05, 0) is 56.2 Å². The molecule has 0 N–H and O–H groups in total. The number of ether oxygens (including phenoxy) is 2. The second kappa shape index (κ2) is 8.60. The summed E-state index contributed by atoms with van der Waals surface area (Å²) in [6, 6.07) is 7.77. The maximum atomic E-state index is 12.8. The van der Waals surface area contributed by atoms with Crippen LogP contribution >= 0.6 is 0 Å². The fourth-order valence-electron chi connectivity index (χ4n) is 5.47. The lowest BCUT2D eigenvalue weighted by atomic mass is 9.68. The average molecular weight is 461 g/mol. The summed E-state index contributed by atoms with van der Waals surface area (Å²) in [5.74, 6) is 0.476. The molecule has 176 valence electrons. The summed E-state index contributed by atoms with van der Waals surface area (Å²) in [5.41, 5.74) is 2.59. The van der Waals surface area contributed by atoms with Crippen LogP contribution in [0, 0.1) is 16.7 Å². The largest absolute Gasteiger partial charge is 0.477 e. The minimum atomic E-state index is -0.503. The number of carbonyl (C=O) groups is 1. The zero-order chi connectivity index (χ0) is 23.8. The van der Waals surface area contributed by atoms with E-state index in [0.717, 1.165) is 43.3 Å². The summed E-state index contributed by atoms with van der Waals surface area (Å²) in [6.45, 7) is 6.33. The number of rotatable bonds is 6. The van der Waals surface area contributed by atoms with Gasteiger partial charge in [0.05, 0.1) is 66.8 Å². The number of nitriles is 1. The van der Waals surface area contributed by atoms with Crippen molar-refractivity contribution in [3.63, 3.8) is 0 Å². The summed E-state index contributed by atoms with van der Waals surface area (Å²) in [4.78, 5) is 27.6. The zero-order valence-electron chi connectivity index (χ0n) is 19.5. The standard InChI is InChI=1S/C25H28N6O3/c1-3-33-22-12-27-19(11-28-22)13-30-16-25(34-23(30)32)8-4-7-24(2,14-25)15-31-17-29-20-6-5-18(10-26)9-21(20)31/h5-6,9,11-12,17H,3-4,7-8,13-16H2,1-2H3/t24?,25-/m1/s1. The first kappa shape index (κ1) is 22.1. The van der Waals surface area contributed by atoms with Crippen LogP contribution in [0.3, 0.4) is 0 Å². The normalized spacial score (nSPS) is 24.4. The molecule has 0 bridgehead atoms. The van der Waals surface area contributed by atoms with Crippen molar-refractivity contribution in [3.8, 4) is 11.9 Å². The van der Waals surface area contributed by atoms with E-state index in [1.54, 1.807) is 23.4 Å². The van der Waals surface area contributed by atoms with Crippen LogP contribution in [0.5, 0.6) is 5.88 Å².